The van der Waals surface area contributed by atoms with Gasteiger partial charge in [0.25, 0.3) is 0 Å². The highest BCUT2D eigenvalue weighted by Gasteiger charge is 2.28. The summed E-state index contributed by atoms with van der Waals surface area (Å²) >= 11 is 0. The fourth-order valence-electron chi connectivity index (χ4n) is 1.70. The van der Waals surface area contributed by atoms with Crippen LogP contribution in [0.2, 0.25) is 0 Å². The number of aliphatic carboxylic acids is 1. The van der Waals surface area contributed by atoms with Crippen LogP contribution in [0, 0.1) is 11.8 Å². The van der Waals surface area contributed by atoms with E-state index in [9.17, 15) is 9.59 Å². The van der Waals surface area contributed by atoms with E-state index in [1.54, 1.807) is 26.0 Å². The van der Waals surface area contributed by atoms with Crippen LogP contribution in [0.4, 0.5) is 0 Å². The number of rotatable bonds is 4. The third-order valence-electron chi connectivity index (χ3n) is 2.68. The van der Waals surface area contributed by atoms with Gasteiger partial charge in [0.1, 0.15) is 6.04 Å². The van der Waals surface area contributed by atoms with E-state index in [0.717, 1.165) is 0 Å². The Hall–Kier alpha value is -1.36. The minimum absolute atomic E-state index is 0.0990. The maximum Gasteiger partial charge on any atom is 0.326 e. The van der Waals surface area contributed by atoms with Crippen molar-refractivity contribution in [2.75, 3.05) is 0 Å². The van der Waals surface area contributed by atoms with E-state index in [4.69, 9.17) is 10.8 Å². The minimum Gasteiger partial charge on any atom is -0.480 e. The van der Waals surface area contributed by atoms with Crippen LogP contribution >= 0.6 is 0 Å². The summed E-state index contributed by atoms with van der Waals surface area (Å²) in [4.78, 5) is 22.6. The van der Waals surface area contributed by atoms with E-state index in [2.05, 4.69) is 5.32 Å². The highest BCUT2D eigenvalue weighted by Crippen LogP contribution is 2.17. The molecule has 0 fully saturated rings. The average Bonchev–Trinajstić information content (AvgIpc) is 2.59. The summed E-state index contributed by atoms with van der Waals surface area (Å²) in [6.45, 7) is 3.52. The number of carbonyl (C=O) groups excluding carboxylic acids is 1. The quantitative estimate of drug-likeness (QED) is 0.593. The van der Waals surface area contributed by atoms with Crippen molar-refractivity contribution in [3.63, 3.8) is 0 Å². The van der Waals surface area contributed by atoms with Crippen LogP contribution in [0.5, 0.6) is 0 Å². The first-order chi connectivity index (χ1) is 7.41. The van der Waals surface area contributed by atoms with Gasteiger partial charge in [0, 0.05) is 6.04 Å². The number of carboxylic acids is 1. The zero-order valence-corrected chi connectivity index (χ0v) is 9.51. The molecule has 0 aromatic heterocycles. The van der Waals surface area contributed by atoms with Crippen LogP contribution in [0.3, 0.4) is 0 Å². The highest BCUT2D eigenvalue weighted by molar-refractivity contribution is 5.86. The van der Waals surface area contributed by atoms with E-state index >= 15 is 0 Å². The van der Waals surface area contributed by atoms with Gasteiger partial charge in [-0.25, -0.2) is 4.79 Å². The lowest BCUT2D eigenvalue weighted by Crippen LogP contribution is -2.46. The van der Waals surface area contributed by atoms with Crippen LogP contribution in [0.15, 0.2) is 12.2 Å². The zero-order valence-electron chi connectivity index (χ0n) is 9.51. The lowest BCUT2D eigenvalue weighted by molar-refractivity contribution is -0.143. The molecule has 1 aliphatic carbocycles. The van der Waals surface area contributed by atoms with Gasteiger partial charge >= 0.3 is 5.97 Å². The topological polar surface area (TPSA) is 92.4 Å². The Morgan fingerprint density at radius 2 is 2.06 bits per heavy atom. The molecule has 0 saturated carbocycles. The monoisotopic (exact) mass is 226 g/mol. The fourth-order valence-corrected chi connectivity index (χ4v) is 1.70. The molecule has 4 N–H and O–H groups in total. The number of carbonyl (C=O) groups is 2. The van der Waals surface area contributed by atoms with Crippen LogP contribution in [-0.2, 0) is 9.59 Å². The van der Waals surface area contributed by atoms with Crippen molar-refractivity contribution in [3.8, 4) is 0 Å². The molecule has 0 aliphatic heterocycles. The van der Waals surface area contributed by atoms with Crippen molar-refractivity contribution >= 4 is 11.9 Å². The maximum atomic E-state index is 11.7. The Kier molecular flexibility index (Phi) is 4.06. The van der Waals surface area contributed by atoms with Crippen molar-refractivity contribution in [1.82, 2.24) is 5.32 Å². The molecule has 0 aromatic rings. The zero-order chi connectivity index (χ0) is 12.3. The predicted octanol–water partition coefficient (Wildman–Crippen LogP) is 0.115. The fraction of sp³-hybridized carbons (Fsp3) is 0.636. The summed E-state index contributed by atoms with van der Waals surface area (Å²) < 4.78 is 0. The van der Waals surface area contributed by atoms with Gasteiger partial charge in [-0.1, -0.05) is 26.0 Å². The first-order valence-electron chi connectivity index (χ1n) is 5.39. The Balaban J connectivity index is 2.56. The van der Waals surface area contributed by atoms with Gasteiger partial charge in [-0.2, -0.15) is 0 Å². The third kappa shape index (κ3) is 3.06. The summed E-state index contributed by atoms with van der Waals surface area (Å²) in [5, 5.41) is 11.5. The molecule has 0 radical (unpaired) electrons. The predicted molar refractivity (Wildman–Crippen MR) is 59.6 cm³/mol. The number of nitrogens with one attached hydrogen (secondary N) is 1. The molecule has 3 atom stereocenters. The van der Waals surface area contributed by atoms with Gasteiger partial charge in [-0.3, -0.25) is 4.79 Å². The van der Waals surface area contributed by atoms with E-state index < -0.39 is 12.0 Å². The third-order valence-corrected chi connectivity index (χ3v) is 2.68. The molecule has 5 heteroatoms. The van der Waals surface area contributed by atoms with Crippen molar-refractivity contribution in [2.24, 2.45) is 17.6 Å². The summed E-state index contributed by atoms with van der Waals surface area (Å²) in [5.74, 6) is -1.70. The van der Waals surface area contributed by atoms with E-state index in [1.165, 1.54) is 0 Å². The van der Waals surface area contributed by atoms with Crippen LogP contribution < -0.4 is 11.1 Å². The molecule has 0 heterocycles. The largest absolute Gasteiger partial charge is 0.480 e. The van der Waals surface area contributed by atoms with Crippen molar-refractivity contribution in [2.45, 2.75) is 32.4 Å². The lowest BCUT2D eigenvalue weighted by Gasteiger charge is -2.19. The second kappa shape index (κ2) is 5.12. The molecule has 0 saturated heterocycles. The van der Waals surface area contributed by atoms with E-state index in [0.29, 0.717) is 6.42 Å². The second-order valence-corrected chi connectivity index (χ2v) is 4.46. The molecule has 0 aromatic carbocycles. The maximum absolute atomic E-state index is 11.7. The standard InChI is InChI=1S/C11H18N2O3/c1-6(2)9(11(15)16)13-10(14)7-3-4-8(12)5-7/h3-4,6-9H,5,12H2,1-2H3,(H,13,14)(H,15,16)/t7?,8?,9-/m0/s1. The summed E-state index contributed by atoms with van der Waals surface area (Å²) in [7, 11) is 0. The van der Waals surface area contributed by atoms with Crippen molar-refractivity contribution in [1.29, 1.82) is 0 Å². The van der Waals surface area contributed by atoms with Gasteiger partial charge in [0.2, 0.25) is 5.91 Å². The molecular weight excluding hydrogens is 208 g/mol. The lowest BCUT2D eigenvalue weighted by atomic mass is 10.0. The molecule has 5 nitrogen and oxygen atoms in total. The van der Waals surface area contributed by atoms with E-state index in [1.807, 2.05) is 0 Å². The van der Waals surface area contributed by atoms with Crippen LogP contribution in [-0.4, -0.2) is 29.1 Å². The van der Waals surface area contributed by atoms with E-state index in [-0.39, 0.29) is 23.8 Å². The Morgan fingerprint density at radius 3 is 2.44 bits per heavy atom. The highest BCUT2D eigenvalue weighted by atomic mass is 16.4. The first kappa shape index (κ1) is 12.7. The van der Waals surface area contributed by atoms with Gasteiger partial charge in [0.15, 0.2) is 0 Å². The molecule has 90 valence electrons. The van der Waals surface area contributed by atoms with Crippen LogP contribution in [0.25, 0.3) is 0 Å². The number of hydrogen-bond acceptors (Lipinski definition) is 3. The summed E-state index contributed by atoms with van der Waals surface area (Å²) in [6.07, 6.45) is 4.06. The molecule has 0 spiro atoms. The molecule has 2 unspecified atom stereocenters. The molecule has 1 amide bonds. The molecule has 16 heavy (non-hydrogen) atoms. The molecule has 1 rings (SSSR count). The smallest absolute Gasteiger partial charge is 0.326 e. The molecule has 1 aliphatic rings. The van der Waals surface area contributed by atoms with Gasteiger partial charge in [-0.15, -0.1) is 0 Å². The Morgan fingerprint density at radius 1 is 1.44 bits per heavy atom. The average molecular weight is 226 g/mol. The van der Waals surface area contributed by atoms with Gasteiger partial charge < -0.3 is 16.2 Å². The van der Waals surface area contributed by atoms with Crippen molar-refractivity contribution in [3.05, 3.63) is 12.2 Å². The summed E-state index contributed by atoms with van der Waals surface area (Å²) in [5.41, 5.74) is 5.63. The number of nitrogens with two attached hydrogens (primary N) is 1. The van der Waals surface area contributed by atoms with Crippen LogP contribution in [0.1, 0.15) is 20.3 Å². The SMILES string of the molecule is CC(C)[C@H](NC(=O)C1C=CC(N)C1)C(=O)O. The number of carboxylic acid groups (broad SMARTS) is 1. The second-order valence-electron chi connectivity index (χ2n) is 4.46. The van der Waals surface area contributed by atoms with Crippen molar-refractivity contribution < 1.29 is 14.7 Å². The molecule has 0 bridgehead atoms. The first-order valence-corrected chi connectivity index (χ1v) is 5.39. The number of hydrogen-bond donors (Lipinski definition) is 3. The minimum atomic E-state index is -1.00. The Bertz CT molecular complexity index is 312. The Labute approximate surface area is 94.7 Å². The van der Waals surface area contributed by atoms with Gasteiger partial charge in [0.05, 0.1) is 5.92 Å². The number of amides is 1. The van der Waals surface area contributed by atoms with Gasteiger partial charge in [-0.05, 0) is 12.3 Å². The normalized spacial score (nSPS) is 25.8. The summed E-state index contributed by atoms with van der Waals surface area (Å²) in [6, 6.07) is -0.934. The molecular formula is C11H18N2O3.